The van der Waals surface area contributed by atoms with Crippen LogP contribution in [0.5, 0.6) is 0 Å². The number of hydrogen-bond acceptors (Lipinski definition) is 4. The van der Waals surface area contributed by atoms with Crippen LogP contribution in [0.15, 0.2) is 48.7 Å². The zero-order valence-electron chi connectivity index (χ0n) is 16.9. The van der Waals surface area contributed by atoms with Gasteiger partial charge in [0.15, 0.2) is 5.78 Å². The number of carbonyl (C=O) groups is 2. The molecule has 3 rings (SSSR count). The molecule has 5 nitrogen and oxygen atoms in total. The van der Waals surface area contributed by atoms with E-state index in [9.17, 15) is 9.59 Å². The van der Waals surface area contributed by atoms with Gasteiger partial charge >= 0.3 is 0 Å². The van der Waals surface area contributed by atoms with E-state index in [1.807, 2.05) is 30.3 Å². The van der Waals surface area contributed by atoms with Crippen molar-refractivity contribution >= 4 is 23.3 Å². The molecule has 0 radical (unpaired) electrons. The molecule has 0 saturated carbocycles. The topological polar surface area (TPSA) is 53.5 Å². The van der Waals surface area contributed by atoms with Gasteiger partial charge in [0.2, 0.25) is 5.91 Å². The molecule has 2 aromatic rings. The minimum absolute atomic E-state index is 0.0206. The van der Waals surface area contributed by atoms with Crippen LogP contribution in [0.4, 0.5) is 0 Å². The average molecular weight is 414 g/mol. The summed E-state index contributed by atoms with van der Waals surface area (Å²) in [6, 6.07) is 13.1. The first kappa shape index (κ1) is 21.5. The van der Waals surface area contributed by atoms with Crippen LogP contribution in [0, 0.1) is 0 Å². The summed E-state index contributed by atoms with van der Waals surface area (Å²) in [6.45, 7) is 2.97. The molecule has 1 amide bonds. The van der Waals surface area contributed by atoms with Crippen molar-refractivity contribution in [1.82, 2.24) is 14.8 Å². The fraction of sp³-hybridized carbons (Fsp3) is 0.435. The molecule has 0 aliphatic carbocycles. The lowest BCUT2D eigenvalue weighted by Crippen LogP contribution is -2.46. The highest BCUT2D eigenvalue weighted by molar-refractivity contribution is 6.30. The molecule has 1 aliphatic heterocycles. The lowest BCUT2D eigenvalue weighted by atomic mass is 10.0. The number of carbonyl (C=O) groups excluding carboxylic acids is 2. The average Bonchev–Trinajstić information content (AvgIpc) is 2.77. The van der Waals surface area contributed by atoms with E-state index in [-0.39, 0.29) is 30.6 Å². The molecule has 29 heavy (non-hydrogen) atoms. The Morgan fingerprint density at radius 1 is 1.10 bits per heavy atom. The maximum Gasteiger partial charge on any atom is 0.223 e. The first-order chi connectivity index (χ1) is 14.0. The number of hydrogen-bond donors (Lipinski definition) is 0. The van der Waals surface area contributed by atoms with E-state index >= 15 is 0 Å². The highest BCUT2D eigenvalue weighted by atomic mass is 35.5. The lowest BCUT2D eigenvalue weighted by molar-refractivity contribution is -0.132. The number of Topliss-reactive ketones (excluding diaryl/α,β-unsaturated/α-hetero) is 1. The fourth-order valence-corrected chi connectivity index (χ4v) is 3.86. The zero-order valence-corrected chi connectivity index (χ0v) is 17.6. The molecule has 0 spiro atoms. The third-order valence-corrected chi connectivity index (χ3v) is 5.89. The maximum absolute atomic E-state index is 12.6. The summed E-state index contributed by atoms with van der Waals surface area (Å²) < 4.78 is 0. The molecule has 1 aliphatic rings. The summed E-state index contributed by atoms with van der Waals surface area (Å²) in [6.07, 6.45) is 5.20. The smallest absolute Gasteiger partial charge is 0.223 e. The second kappa shape index (κ2) is 10.5. The van der Waals surface area contributed by atoms with Crippen LogP contribution in [0.25, 0.3) is 0 Å². The summed E-state index contributed by atoms with van der Waals surface area (Å²) in [7, 11) is 1.86. The van der Waals surface area contributed by atoms with Gasteiger partial charge in [-0.15, -0.1) is 0 Å². The number of amides is 1. The van der Waals surface area contributed by atoms with E-state index < -0.39 is 0 Å². The van der Waals surface area contributed by atoms with Crippen molar-refractivity contribution in [2.45, 2.75) is 38.1 Å². The Hall–Kier alpha value is -2.24. The van der Waals surface area contributed by atoms with Crippen LogP contribution < -0.4 is 0 Å². The van der Waals surface area contributed by atoms with Crippen molar-refractivity contribution in [3.05, 3.63) is 64.9 Å². The third kappa shape index (κ3) is 6.38. The number of pyridine rings is 1. The van der Waals surface area contributed by atoms with E-state index in [2.05, 4.69) is 16.0 Å². The van der Waals surface area contributed by atoms with Gasteiger partial charge in [-0.3, -0.25) is 14.6 Å². The molecular formula is C23H28ClN3O2. The van der Waals surface area contributed by atoms with E-state index in [1.165, 1.54) is 0 Å². The van der Waals surface area contributed by atoms with Gasteiger partial charge in [0.25, 0.3) is 0 Å². The van der Waals surface area contributed by atoms with Gasteiger partial charge in [-0.25, -0.2) is 0 Å². The second-order valence-corrected chi connectivity index (χ2v) is 8.02. The maximum atomic E-state index is 12.6. The second-order valence-electron chi connectivity index (χ2n) is 7.58. The Morgan fingerprint density at radius 2 is 1.83 bits per heavy atom. The Bertz CT molecular complexity index is 803. The Balaban J connectivity index is 1.39. The van der Waals surface area contributed by atoms with Crippen LogP contribution in [-0.4, -0.2) is 59.2 Å². The van der Waals surface area contributed by atoms with E-state index in [0.29, 0.717) is 10.6 Å². The number of piperidine rings is 1. The van der Waals surface area contributed by atoms with Gasteiger partial charge < -0.3 is 9.80 Å². The number of likely N-dealkylation sites (tertiary alicyclic amines) is 1. The van der Waals surface area contributed by atoms with E-state index in [1.54, 1.807) is 24.3 Å². The zero-order chi connectivity index (χ0) is 20.6. The van der Waals surface area contributed by atoms with Crippen molar-refractivity contribution in [2.24, 2.45) is 0 Å². The number of rotatable bonds is 8. The van der Waals surface area contributed by atoms with Crippen molar-refractivity contribution in [1.29, 1.82) is 0 Å². The largest absolute Gasteiger partial charge is 0.343 e. The van der Waals surface area contributed by atoms with Crippen LogP contribution in [-0.2, 0) is 11.2 Å². The van der Waals surface area contributed by atoms with Crippen LogP contribution in [0.2, 0.25) is 5.02 Å². The number of halogens is 1. The monoisotopic (exact) mass is 413 g/mol. The van der Waals surface area contributed by atoms with Gasteiger partial charge in [0.1, 0.15) is 0 Å². The summed E-state index contributed by atoms with van der Waals surface area (Å²) in [5, 5.41) is 0.601. The predicted octanol–water partition coefficient (Wildman–Crippen LogP) is 3.86. The third-order valence-electron chi connectivity index (χ3n) is 5.64. The van der Waals surface area contributed by atoms with Gasteiger partial charge in [-0.05, 0) is 49.2 Å². The molecule has 0 bridgehead atoms. The van der Waals surface area contributed by atoms with Gasteiger partial charge in [-0.2, -0.15) is 0 Å². The molecule has 0 unspecified atom stereocenters. The normalized spacial score (nSPS) is 15.2. The fourth-order valence-electron chi connectivity index (χ4n) is 3.73. The number of benzene rings is 1. The molecule has 1 aromatic carbocycles. The minimum Gasteiger partial charge on any atom is -0.343 e. The van der Waals surface area contributed by atoms with Crippen LogP contribution in [0.1, 0.15) is 41.7 Å². The quantitative estimate of drug-likeness (QED) is 0.616. The molecule has 1 aromatic heterocycles. The van der Waals surface area contributed by atoms with E-state index in [0.717, 1.165) is 44.6 Å². The predicted molar refractivity (Wildman–Crippen MR) is 115 cm³/mol. The van der Waals surface area contributed by atoms with Gasteiger partial charge in [0, 0.05) is 74.5 Å². The Labute approximate surface area is 177 Å². The summed E-state index contributed by atoms with van der Waals surface area (Å²) in [4.78, 5) is 33.5. The molecule has 0 atom stereocenters. The minimum atomic E-state index is -0.0206. The SMILES string of the molecule is CN(C(=O)CCC(=O)c1ccc(Cl)cc1)C1CCN(CCc2ccccn2)CC1. The van der Waals surface area contributed by atoms with Crippen molar-refractivity contribution in [3.8, 4) is 0 Å². The first-order valence-corrected chi connectivity index (χ1v) is 10.6. The first-order valence-electron chi connectivity index (χ1n) is 10.2. The molecule has 1 fully saturated rings. The summed E-state index contributed by atoms with van der Waals surface area (Å²) in [5.74, 6) is 0.0204. The molecule has 154 valence electrons. The summed E-state index contributed by atoms with van der Waals surface area (Å²) >= 11 is 5.85. The van der Waals surface area contributed by atoms with Gasteiger partial charge in [0.05, 0.1) is 0 Å². The molecule has 0 N–H and O–H groups in total. The number of ketones is 1. The van der Waals surface area contributed by atoms with Crippen molar-refractivity contribution in [3.63, 3.8) is 0 Å². The van der Waals surface area contributed by atoms with E-state index in [4.69, 9.17) is 11.6 Å². The highest BCUT2D eigenvalue weighted by Gasteiger charge is 2.25. The standard InChI is InChI=1S/C23H28ClN3O2/c1-26(23(29)10-9-22(28)18-5-7-19(24)8-6-18)21-12-16-27(17-13-21)15-11-20-4-2-3-14-25-20/h2-8,14,21H,9-13,15-17H2,1H3. The Morgan fingerprint density at radius 3 is 2.48 bits per heavy atom. The van der Waals surface area contributed by atoms with Crippen LogP contribution in [0.3, 0.4) is 0 Å². The summed E-state index contributed by atoms with van der Waals surface area (Å²) in [5.41, 5.74) is 1.72. The molecule has 1 saturated heterocycles. The number of aromatic nitrogens is 1. The lowest BCUT2D eigenvalue weighted by Gasteiger charge is -2.36. The van der Waals surface area contributed by atoms with Crippen molar-refractivity contribution < 1.29 is 9.59 Å². The molecular weight excluding hydrogens is 386 g/mol. The van der Waals surface area contributed by atoms with Crippen LogP contribution >= 0.6 is 11.6 Å². The molecule has 2 heterocycles. The van der Waals surface area contributed by atoms with Crippen molar-refractivity contribution in [2.75, 3.05) is 26.7 Å². The number of nitrogens with zero attached hydrogens (tertiary/aromatic N) is 3. The Kier molecular flexibility index (Phi) is 7.78. The van der Waals surface area contributed by atoms with Gasteiger partial charge in [-0.1, -0.05) is 17.7 Å². The molecule has 6 heteroatoms. The highest BCUT2D eigenvalue weighted by Crippen LogP contribution is 2.18.